The molecular formula is C13H20N4S. The maximum atomic E-state index is 4.54. The number of likely N-dealkylation sites (N-methyl/N-ethyl adjacent to an activating group) is 1. The number of aryl methyl sites for hydroxylation is 2. The van der Waals surface area contributed by atoms with E-state index in [4.69, 9.17) is 0 Å². The van der Waals surface area contributed by atoms with Gasteiger partial charge < -0.3 is 9.88 Å². The van der Waals surface area contributed by atoms with Crippen LogP contribution < -0.4 is 5.32 Å². The maximum Gasteiger partial charge on any atom is 0.109 e. The fourth-order valence-electron chi connectivity index (χ4n) is 2.03. The molecule has 0 saturated carbocycles. The lowest BCUT2D eigenvalue weighted by molar-refractivity contribution is 0.503. The number of hydrogen-bond donors (Lipinski definition) is 1. The molecule has 98 valence electrons. The summed E-state index contributed by atoms with van der Waals surface area (Å²) >= 11 is 1.74. The largest absolute Gasteiger partial charge is 0.338 e. The van der Waals surface area contributed by atoms with Gasteiger partial charge in [0.15, 0.2) is 0 Å². The zero-order valence-corrected chi connectivity index (χ0v) is 12.0. The Morgan fingerprint density at radius 3 is 2.83 bits per heavy atom. The van der Waals surface area contributed by atoms with Crippen LogP contribution in [0.25, 0.3) is 0 Å². The van der Waals surface area contributed by atoms with Gasteiger partial charge in [0.05, 0.1) is 5.01 Å². The van der Waals surface area contributed by atoms with Gasteiger partial charge in [0.1, 0.15) is 5.82 Å². The normalized spacial score (nSPS) is 12.8. The predicted octanol–water partition coefficient (Wildman–Crippen LogP) is 1.95. The first-order valence-electron chi connectivity index (χ1n) is 6.29. The Labute approximate surface area is 112 Å². The first kappa shape index (κ1) is 13.2. The third kappa shape index (κ3) is 3.40. The summed E-state index contributed by atoms with van der Waals surface area (Å²) in [5, 5.41) is 6.83. The lowest BCUT2D eigenvalue weighted by Gasteiger charge is -2.16. The minimum absolute atomic E-state index is 0.404. The van der Waals surface area contributed by atoms with Gasteiger partial charge in [-0.25, -0.2) is 9.97 Å². The molecule has 0 radical (unpaired) electrons. The average molecular weight is 264 g/mol. The molecule has 0 amide bonds. The van der Waals surface area contributed by atoms with Crippen LogP contribution in [0.2, 0.25) is 0 Å². The molecule has 1 N–H and O–H groups in total. The van der Waals surface area contributed by atoms with Crippen LogP contribution in [0.1, 0.15) is 23.4 Å². The molecule has 0 spiro atoms. The summed E-state index contributed by atoms with van der Waals surface area (Å²) in [4.78, 5) is 8.93. The van der Waals surface area contributed by atoms with Gasteiger partial charge in [-0.3, -0.25) is 0 Å². The van der Waals surface area contributed by atoms with Crippen molar-refractivity contribution in [2.45, 2.75) is 32.7 Å². The number of rotatable bonds is 6. The molecule has 2 rings (SSSR count). The monoisotopic (exact) mass is 264 g/mol. The Morgan fingerprint density at radius 2 is 2.28 bits per heavy atom. The summed E-state index contributed by atoms with van der Waals surface area (Å²) in [6.45, 7) is 5.15. The Hall–Kier alpha value is -1.20. The molecule has 5 heteroatoms. The average Bonchev–Trinajstić information content (AvgIpc) is 2.90. The lowest BCUT2D eigenvalue weighted by Crippen LogP contribution is -2.33. The number of nitrogens with zero attached hydrogens (tertiary/aromatic N) is 3. The minimum atomic E-state index is 0.404. The molecule has 0 aliphatic rings. The Morgan fingerprint density at radius 1 is 1.44 bits per heavy atom. The van der Waals surface area contributed by atoms with Crippen LogP contribution in [0.5, 0.6) is 0 Å². The highest BCUT2D eigenvalue weighted by atomic mass is 32.1. The van der Waals surface area contributed by atoms with E-state index >= 15 is 0 Å². The van der Waals surface area contributed by atoms with Crippen molar-refractivity contribution in [1.82, 2.24) is 19.9 Å². The summed E-state index contributed by atoms with van der Waals surface area (Å²) in [7, 11) is 2.04. The van der Waals surface area contributed by atoms with Crippen molar-refractivity contribution in [3.63, 3.8) is 0 Å². The van der Waals surface area contributed by atoms with E-state index in [1.54, 1.807) is 11.3 Å². The molecule has 2 heterocycles. The third-order valence-electron chi connectivity index (χ3n) is 2.93. The van der Waals surface area contributed by atoms with E-state index in [0.717, 1.165) is 30.9 Å². The summed E-state index contributed by atoms with van der Waals surface area (Å²) in [6, 6.07) is 0.404. The molecule has 1 atom stereocenters. The van der Waals surface area contributed by atoms with E-state index < -0.39 is 0 Å². The van der Waals surface area contributed by atoms with E-state index in [2.05, 4.69) is 32.2 Å². The summed E-state index contributed by atoms with van der Waals surface area (Å²) in [5.74, 6) is 1.12. The zero-order valence-electron chi connectivity index (χ0n) is 11.2. The molecule has 2 aromatic heterocycles. The molecule has 2 aromatic rings. The zero-order chi connectivity index (χ0) is 13.0. The Bertz CT molecular complexity index is 489. The molecule has 4 nitrogen and oxygen atoms in total. The summed E-state index contributed by atoms with van der Waals surface area (Å²) in [6.07, 6.45) is 5.76. The van der Waals surface area contributed by atoms with Crippen molar-refractivity contribution in [3.8, 4) is 0 Å². The highest BCUT2D eigenvalue weighted by molar-refractivity contribution is 7.09. The van der Waals surface area contributed by atoms with Crippen molar-refractivity contribution in [1.29, 1.82) is 0 Å². The Kier molecular flexibility index (Phi) is 4.49. The lowest BCUT2D eigenvalue weighted by atomic mass is 10.1. The van der Waals surface area contributed by atoms with Gasteiger partial charge >= 0.3 is 0 Å². The van der Waals surface area contributed by atoms with Crippen LogP contribution in [0, 0.1) is 6.92 Å². The molecule has 0 aliphatic carbocycles. The van der Waals surface area contributed by atoms with Gasteiger partial charge in [0.25, 0.3) is 0 Å². The molecule has 0 aliphatic heterocycles. The van der Waals surface area contributed by atoms with Crippen molar-refractivity contribution < 1.29 is 0 Å². The highest BCUT2D eigenvalue weighted by Crippen LogP contribution is 2.13. The second kappa shape index (κ2) is 6.11. The van der Waals surface area contributed by atoms with Crippen molar-refractivity contribution in [2.75, 3.05) is 6.54 Å². The standard InChI is InChI=1S/C13H20N4S/c1-4-14-11(7-12-15-5-6-17(12)3)8-13-16-10(2)9-18-13/h5-6,9,11,14H,4,7-8H2,1-3H3. The topological polar surface area (TPSA) is 42.7 Å². The van der Waals surface area contributed by atoms with Gasteiger partial charge in [-0.2, -0.15) is 0 Å². The molecule has 0 saturated heterocycles. The van der Waals surface area contributed by atoms with Crippen LogP contribution in [-0.4, -0.2) is 27.1 Å². The fourth-order valence-corrected chi connectivity index (χ4v) is 2.88. The van der Waals surface area contributed by atoms with Crippen LogP contribution in [0.4, 0.5) is 0 Å². The summed E-state index contributed by atoms with van der Waals surface area (Å²) in [5.41, 5.74) is 1.11. The van der Waals surface area contributed by atoms with Gasteiger partial charge in [-0.05, 0) is 13.5 Å². The van der Waals surface area contributed by atoms with E-state index in [9.17, 15) is 0 Å². The fraction of sp³-hybridized carbons (Fsp3) is 0.538. The summed E-state index contributed by atoms with van der Waals surface area (Å²) < 4.78 is 2.08. The first-order valence-corrected chi connectivity index (χ1v) is 7.17. The van der Waals surface area contributed by atoms with Crippen LogP contribution in [0.15, 0.2) is 17.8 Å². The van der Waals surface area contributed by atoms with Gasteiger partial charge in [-0.1, -0.05) is 6.92 Å². The molecule has 18 heavy (non-hydrogen) atoms. The van der Waals surface area contributed by atoms with E-state index in [1.807, 2.05) is 26.4 Å². The van der Waals surface area contributed by atoms with Crippen LogP contribution in [0.3, 0.4) is 0 Å². The van der Waals surface area contributed by atoms with E-state index in [1.165, 1.54) is 5.01 Å². The maximum absolute atomic E-state index is 4.54. The molecule has 0 aromatic carbocycles. The Balaban J connectivity index is 2.02. The van der Waals surface area contributed by atoms with Gasteiger partial charge in [0.2, 0.25) is 0 Å². The second-order valence-electron chi connectivity index (χ2n) is 4.50. The third-order valence-corrected chi connectivity index (χ3v) is 3.92. The number of hydrogen-bond acceptors (Lipinski definition) is 4. The number of imidazole rings is 1. The van der Waals surface area contributed by atoms with Crippen LogP contribution >= 0.6 is 11.3 Å². The molecular weight excluding hydrogens is 244 g/mol. The SMILES string of the molecule is CCNC(Cc1nc(C)cs1)Cc1nccn1C. The number of aromatic nitrogens is 3. The van der Waals surface area contributed by atoms with Crippen molar-refractivity contribution in [2.24, 2.45) is 7.05 Å². The van der Waals surface area contributed by atoms with E-state index in [-0.39, 0.29) is 0 Å². The van der Waals surface area contributed by atoms with Gasteiger partial charge in [0, 0.05) is 49.4 Å². The van der Waals surface area contributed by atoms with Crippen molar-refractivity contribution >= 4 is 11.3 Å². The minimum Gasteiger partial charge on any atom is -0.338 e. The molecule has 0 fully saturated rings. The van der Waals surface area contributed by atoms with Crippen molar-refractivity contribution in [3.05, 3.63) is 34.3 Å². The smallest absolute Gasteiger partial charge is 0.109 e. The van der Waals surface area contributed by atoms with Crippen LogP contribution in [-0.2, 0) is 19.9 Å². The van der Waals surface area contributed by atoms with E-state index in [0.29, 0.717) is 6.04 Å². The van der Waals surface area contributed by atoms with Gasteiger partial charge in [-0.15, -0.1) is 11.3 Å². The molecule has 1 unspecified atom stereocenters. The predicted molar refractivity (Wildman–Crippen MR) is 74.9 cm³/mol. The second-order valence-corrected chi connectivity index (χ2v) is 5.44. The quantitative estimate of drug-likeness (QED) is 0.867. The highest BCUT2D eigenvalue weighted by Gasteiger charge is 2.13. The molecule has 0 bridgehead atoms. The number of thiazole rings is 1. The first-order chi connectivity index (χ1) is 8.69. The number of nitrogens with one attached hydrogen (secondary N) is 1.